The van der Waals surface area contributed by atoms with Crippen LogP contribution in [0.3, 0.4) is 0 Å². The Balaban J connectivity index is 1.71. The highest BCUT2D eigenvalue weighted by Crippen LogP contribution is 2.15. The third kappa shape index (κ3) is 5.60. The molecule has 2 aromatic rings. The van der Waals surface area contributed by atoms with Crippen molar-refractivity contribution in [3.63, 3.8) is 0 Å². The second kappa shape index (κ2) is 9.20. The number of thiophene rings is 1. The predicted octanol–water partition coefficient (Wildman–Crippen LogP) is 3.19. The van der Waals surface area contributed by atoms with E-state index in [0.29, 0.717) is 6.61 Å². The molecule has 0 aliphatic carbocycles. The lowest BCUT2D eigenvalue weighted by atomic mass is 10.2. The van der Waals surface area contributed by atoms with Gasteiger partial charge in [-0.3, -0.25) is 4.99 Å². The van der Waals surface area contributed by atoms with Gasteiger partial charge in [0.25, 0.3) is 0 Å². The monoisotopic (exact) mass is 331 g/mol. The van der Waals surface area contributed by atoms with Gasteiger partial charge in [0, 0.05) is 25.5 Å². The van der Waals surface area contributed by atoms with Gasteiger partial charge < -0.3 is 15.0 Å². The highest BCUT2D eigenvalue weighted by atomic mass is 32.1. The Morgan fingerprint density at radius 1 is 1.26 bits per heavy atom. The average molecular weight is 331 g/mol. The lowest BCUT2D eigenvalue weighted by molar-refractivity contribution is 0.317. The molecular weight excluding hydrogens is 306 g/mol. The molecule has 0 radical (unpaired) electrons. The number of guanidine groups is 1. The standard InChI is InChI=1S/C18H25N3OS/c1-15-7-4-5-9-17(15)22-13-11-20-18(19-2)21(3)12-10-16-8-6-14-23-16/h4-9,14H,10-13H2,1-3H3,(H,19,20). The fraction of sp³-hybridized carbons (Fsp3) is 0.389. The van der Waals surface area contributed by atoms with Crippen LogP contribution in [0.4, 0.5) is 0 Å². The van der Waals surface area contributed by atoms with Gasteiger partial charge in [-0.25, -0.2) is 0 Å². The minimum Gasteiger partial charge on any atom is -0.491 e. The first-order valence-corrected chi connectivity index (χ1v) is 8.71. The number of hydrogen-bond acceptors (Lipinski definition) is 3. The molecule has 1 N–H and O–H groups in total. The number of hydrogen-bond donors (Lipinski definition) is 1. The normalized spacial score (nSPS) is 11.3. The van der Waals surface area contributed by atoms with Crippen LogP contribution in [0.2, 0.25) is 0 Å². The Labute approximate surface area is 142 Å². The third-order valence-corrected chi connectivity index (χ3v) is 4.52. The van der Waals surface area contributed by atoms with Crippen molar-refractivity contribution in [2.24, 2.45) is 4.99 Å². The van der Waals surface area contributed by atoms with E-state index >= 15 is 0 Å². The second-order valence-corrected chi connectivity index (χ2v) is 6.37. The molecule has 124 valence electrons. The molecule has 0 amide bonds. The molecule has 0 saturated carbocycles. The number of para-hydroxylation sites is 1. The summed E-state index contributed by atoms with van der Waals surface area (Å²) >= 11 is 1.80. The summed E-state index contributed by atoms with van der Waals surface area (Å²) in [6.07, 6.45) is 1.04. The van der Waals surface area contributed by atoms with Crippen molar-refractivity contribution < 1.29 is 4.74 Å². The van der Waals surface area contributed by atoms with Crippen LogP contribution in [0.25, 0.3) is 0 Å². The number of likely N-dealkylation sites (N-methyl/N-ethyl adjacent to an activating group) is 1. The number of benzene rings is 1. The van der Waals surface area contributed by atoms with Crippen LogP contribution in [0.5, 0.6) is 5.75 Å². The Kier molecular flexibility index (Phi) is 6.94. The minimum absolute atomic E-state index is 0.614. The zero-order valence-electron chi connectivity index (χ0n) is 14.1. The molecule has 0 atom stereocenters. The summed E-state index contributed by atoms with van der Waals surface area (Å²) in [7, 11) is 3.87. The van der Waals surface area contributed by atoms with Crippen LogP contribution in [0.15, 0.2) is 46.8 Å². The lowest BCUT2D eigenvalue weighted by Gasteiger charge is -2.22. The molecule has 0 spiro atoms. The first-order valence-electron chi connectivity index (χ1n) is 7.83. The van der Waals surface area contributed by atoms with Crippen LogP contribution in [-0.4, -0.2) is 44.7 Å². The maximum absolute atomic E-state index is 5.80. The number of ether oxygens (including phenoxy) is 1. The van der Waals surface area contributed by atoms with Crippen LogP contribution in [-0.2, 0) is 6.42 Å². The molecule has 0 unspecified atom stereocenters. The lowest BCUT2D eigenvalue weighted by Crippen LogP contribution is -2.41. The van der Waals surface area contributed by atoms with Crippen LogP contribution >= 0.6 is 11.3 Å². The van der Waals surface area contributed by atoms with Gasteiger partial charge in [0.15, 0.2) is 5.96 Å². The van der Waals surface area contributed by atoms with Gasteiger partial charge in [-0.2, -0.15) is 0 Å². The van der Waals surface area contributed by atoms with Crippen LogP contribution in [0, 0.1) is 6.92 Å². The van der Waals surface area contributed by atoms with Gasteiger partial charge in [0.05, 0.1) is 6.54 Å². The van der Waals surface area contributed by atoms with Crippen molar-refractivity contribution in [2.45, 2.75) is 13.3 Å². The van der Waals surface area contributed by atoms with E-state index in [-0.39, 0.29) is 0 Å². The first-order chi connectivity index (χ1) is 11.2. The number of nitrogens with zero attached hydrogens (tertiary/aromatic N) is 2. The van der Waals surface area contributed by atoms with E-state index in [1.165, 1.54) is 4.88 Å². The molecule has 0 aliphatic heterocycles. The van der Waals surface area contributed by atoms with Crippen LogP contribution < -0.4 is 10.1 Å². The maximum Gasteiger partial charge on any atom is 0.193 e. The fourth-order valence-electron chi connectivity index (χ4n) is 2.27. The summed E-state index contributed by atoms with van der Waals surface area (Å²) in [5, 5.41) is 5.46. The molecular formula is C18H25N3OS. The Hall–Kier alpha value is -2.01. The zero-order chi connectivity index (χ0) is 16.5. The molecule has 0 aliphatic rings. The fourth-order valence-corrected chi connectivity index (χ4v) is 2.96. The molecule has 5 heteroatoms. The van der Waals surface area contributed by atoms with Gasteiger partial charge in [0.1, 0.15) is 12.4 Å². The minimum atomic E-state index is 0.614. The highest BCUT2D eigenvalue weighted by Gasteiger charge is 2.06. The van der Waals surface area contributed by atoms with Crippen molar-refractivity contribution in [1.82, 2.24) is 10.2 Å². The summed E-state index contributed by atoms with van der Waals surface area (Å²) in [5.74, 6) is 1.84. The van der Waals surface area contributed by atoms with Crippen molar-refractivity contribution >= 4 is 17.3 Å². The summed E-state index contributed by atoms with van der Waals surface area (Å²) in [6, 6.07) is 12.3. The van der Waals surface area contributed by atoms with Crippen molar-refractivity contribution in [3.05, 3.63) is 52.2 Å². The molecule has 0 bridgehead atoms. The second-order valence-electron chi connectivity index (χ2n) is 5.34. The van der Waals surface area contributed by atoms with E-state index in [0.717, 1.165) is 36.8 Å². The Morgan fingerprint density at radius 2 is 2.09 bits per heavy atom. The molecule has 1 aromatic heterocycles. The van der Waals surface area contributed by atoms with Gasteiger partial charge in [-0.1, -0.05) is 24.3 Å². The SMILES string of the molecule is CN=C(NCCOc1ccccc1C)N(C)CCc1cccs1. The van der Waals surface area contributed by atoms with E-state index in [2.05, 4.69) is 52.8 Å². The Bertz CT molecular complexity index is 610. The quantitative estimate of drug-likeness (QED) is 0.481. The van der Waals surface area contributed by atoms with Crippen molar-refractivity contribution in [3.8, 4) is 5.75 Å². The van der Waals surface area contributed by atoms with E-state index in [4.69, 9.17) is 4.74 Å². The smallest absolute Gasteiger partial charge is 0.193 e. The van der Waals surface area contributed by atoms with Crippen molar-refractivity contribution in [2.75, 3.05) is 33.8 Å². The topological polar surface area (TPSA) is 36.9 Å². The molecule has 1 aromatic carbocycles. The van der Waals surface area contributed by atoms with Crippen LogP contribution in [0.1, 0.15) is 10.4 Å². The van der Waals surface area contributed by atoms with Crippen molar-refractivity contribution in [1.29, 1.82) is 0 Å². The predicted molar refractivity (Wildman–Crippen MR) is 98.7 cm³/mol. The molecule has 0 saturated heterocycles. The summed E-state index contributed by atoms with van der Waals surface area (Å²) in [6.45, 7) is 4.34. The Morgan fingerprint density at radius 3 is 2.78 bits per heavy atom. The average Bonchev–Trinajstić information content (AvgIpc) is 3.08. The summed E-state index contributed by atoms with van der Waals surface area (Å²) < 4.78 is 5.80. The van der Waals surface area contributed by atoms with E-state index in [1.54, 1.807) is 11.3 Å². The molecule has 4 nitrogen and oxygen atoms in total. The number of nitrogens with one attached hydrogen (secondary N) is 1. The number of aryl methyl sites for hydroxylation is 1. The maximum atomic E-state index is 5.80. The molecule has 2 rings (SSSR count). The highest BCUT2D eigenvalue weighted by molar-refractivity contribution is 7.09. The molecule has 0 fully saturated rings. The van der Waals surface area contributed by atoms with E-state index in [1.807, 2.05) is 25.2 Å². The third-order valence-electron chi connectivity index (χ3n) is 3.58. The summed E-state index contributed by atoms with van der Waals surface area (Å²) in [4.78, 5) is 7.87. The molecule has 23 heavy (non-hydrogen) atoms. The van der Waals surface area contributed by atoms with Gasteiger partial charge in [-0.05, 0) is 36.4 Å². The largest absolute Gasteiger partial charge is 0.491 e. The van der Waals surface area contributed by atoms with E-state index < -0.39 is 0 Å². The molecule has 1 heterocycles. The summed E-state index contributed by atoms with van der Waals surface area (Å²) in [5.41, 5.74) is 1.16. The van der Waals surface area contributed by atoms with Gasteiger partial charge in [-0.15, -0.1) is 11.3 Å². The first kappa shape index (κ1) is 17.3. The number of rotatable bonds is 7. The van der Waals surface area contributed by atoms with Gasteiger partial charge >= 0.3 is 0 Å². The zero-order valence-corrected chi connectivity index (χ0v) is 14.9. The van der Waals surface area contributed by atoms with Gasteiger partial charge in [0.2, 0.25) is 0 Å². The number of aliphatic imine (C=N–C) groups is 1. The van der Waals surface area contributed by atoms with E-state index in [9.17, 15) is 0 Å².